The summed E-state index contributed by atoms with van der Waals surface area (Å²) in [4.78, 5) is 38.9. The van der Waals surface area contributed by atoms with E-state index in [1.165, 1.54) is 0 Å². The molecule has 6 heteroatoms. The van der Waals surface area contributed by atoms with Gasteiger partial charge in [0.25, 0.3) is 0 Å². The van der Waals surface area contributed by atoms with Crippen LogP contribution in [0.2, 0.25) is 0 Å². The number of esters is 1. The standard InChI is InChI=1S/C22H24N2O4/c1-3-28-22(27)18-10-6-7-11-19(18)23-21(26)17-12-20(25)24(14-17)13-16-9-5-4-8-15(16)2/h4-11,17H,3,12-14H2,1-2H3,(H,23,26). The molecule has 6 nitrogen and oxygen atoms in total. The maximum Gasteiger partial charge on any atom is 0.340 e. The number of hydrogen-bond acceptors (Lipinski definition) is 4. The summed E-state index contributed by atoms with van der Waals surface area (Å²) in [5.74, 6) is -1.24. The number of aryl methyl sites for hydroxylation is 1. The quantitative estimate of drug-likeness (QED) is 0.781. The third-order valence-corrected chi connectivity index (χ3v) is 4.89. The number of para-hydroxylation sites is 1. The maximum atomic E-state index is 12.7. The lowest BCUT2D eigenvalue weighted by Gasteiger charge is -2.18. The molecule has 1 unspecified atom stereocenters. The minimum atomic E-state index is -0.484. The molecule has 1 atom stereocenters. The Labute approximate surface area is 164 Å². The van der Waals surface area contributed by atoms with E-state index in [4.69, 9.17) is 4.74 Å². The van der Waals surface area contributed by atoms with Crippen LogP contribution in [0, 0.1) is 12.8 Å². The smallest absolute Gasteiger partial charge is 0.340 e. The molecule has 0 spiro atoms. The summed E-state index contributed by atoms with van der Waals surface area (Å²) in [7, 11) is 0. The molecule has 2 amide bonds. The lowest BCUT2D eigenvalue weighted by Crippen LogP contribution is -2.28. The van der Waals surface area contributed by atoms with Crippen molar-refractivity contribution in [2.24, 2.45) is 5.92 Å². The first-order valence-electron chi connectivity index (χ1n) is 9.39. The van der Waals surface area contributed by atoms with Gasteiger partial charge in [0.05, 0.1) is 23.8 Å². The number of hydrogen-bond donors (Lipinski definition) is 1. The molecule has 1 saturated heterocycles. The number of nitrogens with zero attached hydrogens (tertiary/aromatic N) is 1. The van der Waals surface area contributed by atoms with Gasteiger partial charge in [-0.05, 0) is 37.1 Å². The number of nitrogens with one attached hydrogen (secondary N) is 1. The lowest BCUT2D eigenvalue weighted by molar-refractivity contribution is -0.128. The zero-order valence-corrected chi connectivity index (χ0v) is 16.1. The fraction of sp³-hybridized carbons (Fsp3) is 0.318. The van der Waals surface area contributed by atoms with Gasteiger partial charge in [0.2, 0.25) is 11.8 Å². The maximum absolute atomic E-state index is 12.7. The Morgan fingerprint density at radius 3 is 2.61 bits per heavy atom. The van der Waals surface area contributed by atoms with Gasteiger partial charge in [0.15, 0.2) is 0 Å². The molecule has 1 heterocycles. The summed E-state index contributed by atoms with van der Waals surface area (Å²) < 4.78 is 5.03. The number of carbonyl (C=O) groups excluding carboxylic acids is 3. The number of amides is 2. The van der Waals surface area contributed by atoms with Crippen LogP contribution in [0.5, 0.6) is 0 Å². The van der Waals surface area contributed by atoms with Gasteiger partial charge in [-0.1, -0.05) is 36.4 Å². The first-order valence-corrected chi connectivity index (χ1v) is 9.39. The van der Waals surface area contributed by atoms with E-state index in [2.05, 4.69) is 5.32 Å². The molecule has 146 valence electrons. The molecule has 0 radical (unpaired) electrons. The Morgan fingerprint density at radius 1 is 1.14 bits per heavy atom. The first kappa shape index (κ1) is 19.6. The fourth-order valence-electron chi connectivity index (χ4n) is 3.31. The van der Waals surface area contributed by atoms with Crippen molar-refractivity contribution in [2.45, 2.75) is 26.8 Å². The number of benzene rings is 2. The van der Waals surface area contributed by atoms with Crippen molar-refractivity contribution in [3.8, 4) is 0 Å². The number of rotatable bonds is 6. The molecule has 1 fully saturated rings. The predicted molar refractivity (Wildman–Crippen MR) is 106 cm³/mol. The van der Waals surface area contributed by atoms with E-state index in [9.17, 15) is 14.4 Å². The highest BCUT2D eigenvalue weighted by Crippen LogP contribution is 2.24. The molecular formula is C22H24N2O4. The monoisotopic (exact) mass is 380 g/mol. The largest absolute Gasteiger partial charge is 0.462 e. The summed E-state index contributed by atoms with van der Waals surface area (Å²) in [5.41, 5.74) is 2.89. The molecule has 2 aromatic carbocycles. The predicted octanol–water partition coefficient (Wildman–Crippen LogP) is 3.16. The zero-order chi connectivity index (χ0) is 20.1. The van der Waals surface area contributed by atoms with Gasteiger partial charge in [-0.15, -0.1) is 0 Å². The topological polar surface area (TPSA) is 75.7 Å². The van der Waals surface area contributed by atoms with Gasteiger partial charge >= 0.3 is 5.97 Å². The number of anilines is 1. The molecule has 1 N–H and O–H groups in total. The van der Waals surface area contributed by atoms with Crippen LogP contribution in [0.3, 0.4) is 0 Å². The lowest BCUT2D eigenvalue weighted by atomic mass is 10.1. The molecule has 28 heavy (non-hydrogen) atoms. The highest BCUT2D eigenvalue weighted by Gasteiger charge is 2.34. The second-order valence-corrected chi connectivity index (χ2v) is 6.86. The molecule has 0 bridgehead atoms. The van der Waals surface area contributed by atoms with Crippen molar-refractivity contribution in [3.05, 3.63) is 65.2 Å². The molecule has 1 aliphatic rings. The summed E-state index contributed by atoms with van der Waals surface area (Å²) >= 11 is 0. The van der Waals surface area contributed by atoms with E-state index in [1.54, 1.807) is 36.1 Å². The van der Waals surface area contributed by atoms with Crippen LogP contribution in [0.25, 0.3) is 0 Å². The van der Waals surface area contributed by atoms with Gasteiger partial charge in [-0.3, -0.25) is 9.59 Å². The SMILES string of the molecule is CCOC(=O)c1ccccc1NC(=O)C1CC(=O)N(Cc2ccccc2C)C1. The summed E-state index contributed by atoms with van der Waals surface area (Å²) in [6.07, 6.45) is 0.166. The average Bonchev–Trinajstić information content (AvgIpc) is 3.05. The Morgan fingerprint density at radius 2 is 1.86 bits per heavy atom. The molecular weight excluding hydrogens is 356 g/mol. The van der Waals surface area contributed by atoms with Crippen LogP contribution in [0.1, 0.15) is 34.8 Å². The van der Waals surface area contributed by atoms with Crippen molar-refractivity contribution < 1.29 is 19.1 Å². The third-order valence-electron chi connectivity index (χ3n) is 4.89. The van der Waals surface area contributed by atoms with Crippen molar-refractivity contribution in [3.63, 3.8) is 0 Å². The highest BCUT2D eigenvalue weighted by molar-refractivity contribution is 6.03. The van der Waals surface area contributed by atoms with Crippen molar-refractivity contribution in [1.82, 2.24) is 4.90 Å². The average molecular weight is 380 g/mol. The third kappa shape index (κ3) is 4.39. The van der Waals surface area contributed by atoms with Gasteiger partial charge in [-0.2, -0.15) is 0 Å². The van der Waals surface area contributed by atoms with Gasteiger partial charge in [0, 0.05) is 19.5 Å². The van der Waals surface area contributed by atoms with Crippen LogP contribution in [-0.2, 0) is 20.9 Å². The second kappa shape index (κ2) is 8.69. The second-order valence-electron chi connectivity index (χ2n) is 6.86. The van der Waals surface area contributed by atoms with Crippen molar-refractivity contribution in [1.29, 1.82) is 0 Å². The first-order chi connectivity index (χ1) is 13.5. The Hall–Kier alpha value is -3.15. The Balaban J connectivity index is 1.67. The van der Waals surface area contributed by atoms with Crippen LogP contribution in [-0.4, -0.2) is 35.8 Å². The van der Waals surface area contributed by atoms with Crippen LogP contribution in [0.15, 0.2) is 48.5 Å². The van der Waals surface area contributed by atoms with Crippen LogP contribution in [0.4, 0.5) is 5.69 Å². The van der Waals surface area contributed by atoms with Gasteiger partial charge in [0.1, 0.15) is 0 Å². The van der Waals surface area contributed by atoms with E-state index in [-0.39, 0.29) is 24.8 Å². The van der Waals surface area contributed by atoms with E-state index in [0.717, 1.165) is 11.1 Å². The summed E-state index contributed by atoms with van der Waals surface area (Å²) in [6, 6.07) is 14.6. The van der Waals surface area contributed by atoms with E-state index < -0.39 is 11.9 Å². The number of likely N-dealkylation sites (tertiary alicyclic amines) is 1. The molecule has 0 aliphatic carbocycles. The molecule has 0 aromatic heterocycles. The molecule has 3 rings (SSSR count). The number of carbonyl (C=O) groups is 3. The molecule has 1 aliphatic heterocycles. The van der Waals surface area contributed by atoms with E-state index in [1.807, 2.05) is 31.2 Å². The highest BCUT2D eigenvalue weighted by atomic mass is 16.5. The van der Waals surface area contributed by atoms with Crippen molar-refractivity contribution in [2.75, 3.05) is 18.5 Å². The minimum Gasteiger partial charge on any atom is -0.462 e. The normalized spacial score (nSPS) is 16.1. The van der Waals surface area contributed by atoms with Crippen molar-refractivity contribution >= 4 is 23.5 Å². The molecule has 2 aromatic rings. The summed E-state index contributed by atoms with van der Waals surface area (Å²) in [6.45, 7) is 4.85. The zero-order valence-electron chi connectivity index (χ0n) is 16.1. The molecule has 0 saturated carbocycles. The number of ether oxygens (including phenoxy) is 1. The van der Waals surface area contributed by atoms with Crippen LogP contribution >= 0.6 is 0 Å². The van der Waals surface area contributed by atoms with Crippen LogP contribution < -0.4 is 5.32 Å². The van der Waals surface area contributed by atoms with Gasteiger partial charge in [-0.25, -0.2) is 4.79 Å². The summed E-state index contributed by atoms with van der Waals surface area (Å²) in [5, 5.41) is 2.79. The minimum absolute atomic E-state index is 0.0397. The van der Waals surface area contributed by atoms with Gasteiger partial charge < -0.3 is 15.0 Å². The van der Waals surface area contributed by atoms with E-state index in [0.29, 0.717) is 24.3 Å². The fourth-order valence-corrected chi connectivity index (χ4v) is 3.31. The van der Waals surface area contributed by atoms with E-state index >= 15 is 0 Å². The Bertz CT molecular complexity index is 894. The Kier molecular flexibility index (Phi) is 6.09.